The van der Waals surface area contributed by atoms with Gasteiger partial charge in [0.1, 0.15) is 34.5 Å². The summed E-state index contributed by atoms with van der Waals surface area (Å²) in [4.78, 5) is 15.2. The molecule has 0 aromatic heterocycles. The molecule has 3 aromatic rings. The van der Waals surface area contributed by atoms with Gasteiger partial charge in [0.05, 0.1) is 51.0 Å². The second-order valence-electron chi connectivity index (χ2n) is 6.88. The number of halogens is 1. The van der Waals surface area contributed by atoms with Crippen molar-refractivity contribution in [1.82, 2.24) is 0 Å². The minimum Gasteiger partial charge on any atom is -1.00 e. The normalized spacial score (nSPS) is 10.3. The molecule has 3 rings (SSSR count). The Morgan fingerprint density at radius 3 is 0.971 bits per heavy atom. The Morgan fingerprint density at radius 2 is 0.765 bits per heavy atom. The van der Waals surface area contributed by atoms with Gasteiger partial charge < -0.3 is 50.2 Å². The third-order valence-corrected chi connectivity index (χ3v) is 8.88. The van der Waals surface area contributed by atoms with E-state index in [1.807, 2.05) is 0 Å². The summed E-state index contributed by atoms with van der Waals surface area (Å²) in [6.45, 7) is 0. The van der Waals surface area contributed by atoms with Gasteiger partial charge in [0.2, 0.25) is 0 Å². The third kappa shape index (κ3) is 5.57. The van der Waals surface area contributed by atoms with Crippen LogP contribution in [-0.2, 0) is 0 Å². The molecule has 0 saturated carbocycles. The van der Waals surface area contributed by atoms with Crippen molar-refractivity contribution in [1.29, 1.82) is 0 Å². The van der Waals surface area contributed by atoms with Crippen molar-refractivity contribution in [3.63, 3.8) is 0 Å². The van der Waals surface area contributed by atoms with Crippen molar-refractivity contribution in [3.8, 4) is 34.5 Å². The zero-order chi connectivity index (χ0) is 23.3. The first-order valence-corrected chi connectivity index (χ1v) is 11.8. The standard InChI is InChI=1S/C24H27O7Si.BrH.Mg/c1-26-16-7-10-22(19(13-16)29-4)32(25,23-11-8-17(27-2)14-20(23)30-5)24-12-9-18(28-3)15-21(24)31-6;;/h7-15H,1-6H3;1H;/q-1;;+2/p-1. The first-order chi connectivity index (χ1) is 15.5. The van der Waals surface area contributed by atoms with Crippen LogP contribution in [-0.4, -0.2) is 74.0 Å². The van der Waals surface area contributed by atoms with Gasteiger partial charge >= 0.3 is 23.1 Å². The van der Waals surface area contributed by atoms with Crippen LogP contribution >= 0.6 is 0 Å². The molecule has 178 valence electrons. The zero-order valence-corrected chi connectivity index (χ0v) is 24.1. The fraction of sp³-hybridized carbons (Fsp3) is 0.250. The summed E-state index contributed by atoms with van der Waals surface area (Å²) in [5.74, 6) is 3.06. The molecule has 0 N–H and O–H groups in total. The Hall–Kier alpha value is -2.12. The molecule has 0 spiro atoms. The van der Waals surface area contributed by atoms with Crippen LogP contribution in [0, 0.1) is 0 Å². The Morgan fingerprint density at radius 1 is 0.500 bits per heavy atom. The molecular weight excluding hydrogens is 533 g/mol. The van der Waals surface area contributed by atoms with Crippen LogP contribution in [0.4, 0.5) is 0 Å². The summed E-state index contributed by atoms with van der Waals surface area (Å²) in [7, 11) is 5.32. The van der Waals surface area contributed by atoms with Crippen LogP contribution in [0.5, 0.6) is 34.5 Å². The molecule has 0 fully saturated rings. The first-order valence-electron chi connectivity index (χ1n) is 9.84. The van der Waals surface area contributed by atoms with Crippen molar-refractivity contribution in [2.45, 2.75) is 0 Å². The maximum Gasteiger partial charge on any atom is 2.00 e. The van der Waals surface area contributed by atoms with E-state index >= 15 is 4.80 Å². The molecule has 0 aliphatic carbocycles. The Balaban J connectivity index is 0.00000289. The predicted molar refractivity (Wildman–Crippen MR) is 129 cm³/mol. The van der Waals surface area contributed by atoms with E-state index < -0.39 is 8.32 Å². The first kappa shape index (κ1) is 29.9. The van der Waals surface area contributed by atoms with E-state index in [4.69, 9.17) is 28.4 Å². The van der Waals surface area contributed by atoms with Crippen molar-refractivity contribution in [2.24, 2.45) is 0 Å². The fourth-order valence-electron chi connectivity index (χ4n) is 3.70. The molecule has 0 atom stereocenters. The fourth-order valence-corrected chi connectivity index (χ4v) is 7.09. The smallest absolute Gasteiger partial charge is 1.00 e. The molecule has 3 aromatic carbocycles. The van der Waals surface area contributed by atoms with E-state index in [0.29, 0.717) is 50.1 Å². The van der Waals surface area contributed by atoms with E-state index in [0.717, 1.165) is 0 Å². The van der Waals surface area contributed by atoms with Crippen molar-refractivity contribution < 1.29 is 50.2 Å². The van der Waals surface area contributed by atoms with Gasteiger partial charge in [0.25, 0.3) is 0 Å². The predicted octanol–water partition coefficient (Wildman–Crippen LogP) is -2.31. The van der Waals surface area contributed by atoms with Crippen LogP contribution in [0.2, 0.25) is 0 Å². The topological polar surface area (TPSA) is 78.4 Å². The van der Waals surface area contributed by atoms with Gasteiger partial charge in [-0.05, 0) is 33.8 Å². The second-order valence-corrected chi connectivity index (χ2v) is 9.86. The van der Waals surface area contributed by atoms with Crippen LogP contribution in [0.3, 0.4) is 0 Å². The number of benzene rings is 3. The van der Waals surface area contributed by atoms with Gasteiger partial charge in [0, 0.05) is 18.2 Å². The summed E-state index contributed by atoms with van der Waals surface area (Å²) in [6, 6.07) is 15.7. The Labute approximate surface area is 227 Å². The summed E-state index contributed by atoms with van der Waals surface area (Å²) < 4.78 is 32.9. The van der Waals surface area contributed by atoms with E-state index in [9.17, 15) is 0 Å². The molecule has 0 saturated heterocycles. The molecule has 0 amide bonds. The third-order valence-electron chi connectivity index (χ3n) is 5.36. The molecule has 0 heterocycles. The molecule has 0 unspecified atom stereocenters. The molecule has 0 radical (unpaired) electrons. The van der Waals surface area contributed by atoms with E-state index in [1.165, 1.54) is 21.3 Å². The van der Waals surface area contributed by atoms with Crippen molar-refractivity contribution in [3.05, 3.63) is 54.6 Å². The second kappa shape index (κ2) is 13.1. The van der Waals surface area contributed by atoms with Crippen molar-refractivity contribution >= 4 is 46.9 Å². The molecule has 0 bridgehead atoms. The molecule has 34 heavy (non-hydrogen) atoms. The summed E-state index contributed by atoms with van der Waals surface area (Å²) >= 11 is 0. The molecule has 10 heteroatoms. The molecule has 0 aliphatic heterocycles. The van der Waals surface area contributed by atoms with Crippen LogP contribution in [0.15, 0.2) is 54.6 Å². The average Bonchev–Trinajstić information content (AvgIpc) is 2.86. The van der Waals surface area contributed by atoms with Gasteiger partial charge in [-0.15, -0.1) is 0 Å². The van der Waals surface area contributed by atoms with E-state index in [-0.39, 0.29) is 40.0 Å². The number of methoxy groups -OCH3 is 6. The van der Waals surface area contributed by atoms with Gasteiger partial charge in [-0.1, -0.05) is 18.2 Å². The van der Waals surface area contributed by atoms with Gasteiger partial charge in [-0.2, -0.15) is 0 Å². The minimum absolute atomic E-state index is 0. The SMILES string of the molecule is COc1ccc([Si]([O-])(c2ccc(OC)cc2OC)c2ccc(OC)cc2OC)c(OC)c1.[Br-].[Mg+2]. The zero-order valence-electron chi connectivity index (χ0n) is 20.1. The number of hydrogen-bond donors (Lipinski definition) is 0. The molecule has 7 nitrogen and oxygen atoms in total. The van der Waals surface area contributed by atoms with Gasteiger partial charge in [-0.25, -0.2) is 0 Å². The van der Waals surface area contributed by atoms with Gasteiger partial charge in [-0.3, -0.25) is 0 Å². The van der Waals surface area contributed by atoms with Crippen LogP contribution < -0.4 is 65.8 Å². The number of rotatable bonds is 9. The molecular formula is C24H27BrMgO7Si. The minimum atomic E-state index is -3.97. The largest absolute Gasteiger partial charge is 2.00 e. The van der Waals surface area contributed by atoms with E-state index in [1.54, 1.807) is 75.9 Å². The maximum atomic E-state index is 15.2. The summed E-state index contributed by atoms with van der Waals surface area (Å²) in [6.07, 6.45) is 0. The van der Waals surface area contributed by atoms with Crippen LogP contribution in [0.25, 0.3) is 0 Å². The summed E-state index contributed by atoms with van der Waals surface area (Å²) in [5, 5.41) is 1.52. The number of ether oxygens (including phenoxy) is 6. The Bertz CT molecular complexity index is 962. The van der Waals surface area contributed by atoms with E-state index in [2.05, 4.69) is 0 Å². The van der Waals surface area contributed by atoms with Crippen molar-refractivity contribution in [2.75, 3.05) is 42.7 Å². The maximum absolute atomic E-state index is 15.2. The quantitative estimate of drug-likeness (QED) is 0.215. The average molecular weight is 560 g/mol. The summed E-state index contributed by atoms with van der Waals surface area (Å²) in [5.41, 5.74) is 0. The monoisotopic (exact) mass is 558 g/mol. The molecule has 0 aliphatic rings. The van der Waals surface area contributed by atoms with Gasteiger partial charge in [0.15, 0.2) is 0 Å². The Kier molecular flexibility index (Phi) is 11.5. The van der Waals surface area contributed by atoms with Crippen LogP contribution in [0.1, 0.15) is 0 Å². The number of hydrogen-bond acceptors (Lipinski definition) is 7.